The molecule has 3 amide bonds. The number of carbonyl (C=O) groups is 3. The van der Waals surface area contributed by atoms with Gasteiger partial charge in [0.05, 0.1) is 6.54 Å². The molecule has 0 radical (unpaired) electrons. The standard InChI is InChI=1S/C25H32N2O6/c1-24(2,3)32-22(29)27(23(30)33-25(4,5)6)26(17-19-13-9-7-10-14-19)21(28)31-18-20-15-11-8-12-16-20/h7-16H,17-18H2,1-6H3. The van der Waals surface area contributed by atoms with Gasteiger partial charge in [0.1, 0.15) is 17.8 Å². The fourth-order valence-corrected chi connectivity index (χ4v) is 2.65. The van der Waals surface area contributed by atoms with Crippen LogP contribution in [0.4, 0.5) is 14.4 Å². The van der Waals surface area contributed by atoms with E-state index in [0.29, 0.717) is 10.6 Å². The average Bonchev–Trinajstić information content (AvgIpc) is 2.70. The van der Waals surface area contributed by atoms with Gasteiger partial charge < -0.3 is 14.2 Å². The Morgan fingerprint density at radius 3 is 1.52 bits per heavy atom. The molecule has 0 aliphatic heterocycles. The highest BCUT2D eigenvalue weighted by Gasteiger charge is 2.39. The number of amides is 3. The van der Waals surface area contributed by atoms with Crippen LogP contribution >= 0.6 is 0 Å². The zero-order valence-electron chi connectivity index (χ0n) is 20.0. The van der Waals surface area contributed by atoms with Crippen LogP contribution in [-0.4, -0.2) is 39.5 Å². The number of hydrazine groups is 1. The fraction of sp³-hybridized carbons (Fsp3) is 0.400. The van der Waals surface area contributed by atoms with Crippen LogP contribution in [0.15, 0.2) is 60.7 Å². The molecule has 0 unspecified atom stereocenters. The smallest absolute Gasteiger partial charge is 0.439 e. The van der Waals surface area contributed by atoms with Crippen molar-refractivity contribution in [1.82, 2.24) is 10.0 Å². The highest BCUT2D eigenvalue weighted by molar-refractivity contribution is 5.90. The lowest BCUT2D eigenvalue weighted by Gasteiger charge is -2.34. The van der Waals surface area contributed by atoms with Crippen LogP contribution in [0.2, 0.25) is 0 Å². The second kappa shape index (κ2) is 10.8. The van der Waals surface area contributed by atoms with Gasteiger partial charge in [0.25, 0.3) is 0 Å². The van der Waals surface area contributed by atoms with E-state index < -0.39 is 29.5 Å². The summed E-state index contributed by atoms with van der Waals surface area (Å²) in [5.41, 5.74) is -0.397. The van der Waals surface area contributed by atoms with Crippen molar-refractivity contribution in [2.45, 2.75) is 65.9 Å². The molecule has 178 valence electrons. The number of hydrogen-bond donors (Lipinski definition) is 0. The summed E-state index contributed by atoms with van der Waals surface area (Å²) < 4.78 is 16.2. The molecule has 0 saturated heterocycles. The van der Waals surface area contributed by atoms with Gasteiger partial charge in [0, 0.05) is 0 Å². The molecule has 2 rings (SSSR count). The summed E-state index contributed by atoms with van der Waals surface area (Å²) in [6.07, 6.45) is -3.01. The number of rotatable bonds is 4. The Hall–Kier alpha value is -3.55. The van der Waals surface area contributed by atoms with Gasteiger partial charge in [-0.3, -0.25) is 0 Å². The largest absolute Gasteiger partial charge is 0.443 e. The molecule has 0 bridgehead atoms. The van der Waals surface area contributed by atoms with E-state index >= 15 is 0 Å². The quantitative estimate of drug-likeness (QED) is 0.420. The average molecular weight is 457 g/mol. The Labute approximate surface area is 195 Å². The summed E-state index contributed by atoms with van der Waals surface area (Å²) >= 11 is 0. The molecule has 8 nitrogen and oxygen atoms in total. The molecule has 0 fully saturated rings. The van der Waals surface area contributed by atoms with Crippen LogP contribution in [0, 0.1) is 0 Å². The molecule has 0 N–H and O–H groups in total. The maximum absolute atomic E-state index is 13.1. The van der Waals surface area contributed by atoms with Crippen LogP contribution < -0.4 is 0 Å². The molecular formula is C25H32N2O6. The van der Waals surface area contributed by atoms with Crippen LogP contribution in [0.1, 0.15) is 52.7 Å². The number of benzene rings is 2. The Bertz CT molecular complexity index is 905. The molecule has 0 heterocycles. The van der Waals surface area contributed by atoms with Crippen LogP contribution in [0.5, 0.6) is 0 Å². The van der Waals surface area contributed by atoms with Crippen molar-refractivity contribution in [2.24, 2.45) is 0 Å². The molecule has 0 saturated carbocycles. The summed E-state index contributed by atoms with van der Waals surface area (Å²) in [6, 6.07) is 18.0. The van der Waals surface area contributed by atoms with Gasteiger partial charge in [0.2, 0.25) is 0 Å². The van der Waals surface area contributed by atoms with Gasteiger partial charge in [0.15, 0.2) is 0 Å². The van der Waals surface area contributed by atoms with Crippen molar-refractivity contribution < 1.29 is 28.6 Å². The van der Waals surface area contributed by atoms with E-state index in [4.69, 9.17) is 14.2 Å². The maximum atomic E-state index is 13.1. The Balaban J connectivity index is 2.39. The number of ether oxygens (including phenoxy) is 3. The van der Waals surface area contributed by atoms with E-state index in [2.05, 4.69) is 0 Å². The maximum Gasteiger partial charge on any atom is 0.439 e. The Morgan fingerprint density at radius 2 is 1.09 bits per heavy atom. The highest BCUT2D eigenvalue weighted by Crippen LogP contribution is 2.19. The second-order valence-corrected chi connectivity index (χ2v) is 9.36. The minimum Gasteiger partial charge on any atom is -0.443 e. The van der Waals surface area contributed by atoms with Crippen molar-refractivity contribution in [3.05, 3.63) is 71.8 Å². The minimum atomic E-state index is -1.05. The predicted octanol–water partition coefficient (Wildman–Crippen LogP) is 5.91. The number of carbonyl (C=O) groups excluding carboxylic acids is 3. The summed E-state index contributed by atoms with van der Waals surface area (Å²) in [4.78, 5) is 39.2. The first kappa shape index (κ1) is 25.7. The van der Waals surface area contributed by atoms with E-state index in [0.717, 1.165) is 10.6 Å². The lowest BCUT2D eigenvalue weighted by Crippen LogP contribution is -2.55. The molecule has 2 aromatic carbocycles. The minimum absolute atomic E-state index is 0.0402. The lowest BCUT2D eigenvalue weighted by molar-refractivity contribution is -0.0613. The first-order valence-corrected chi connectivity index (χ1v) is 10.6. The van der Waals surface area contributed by atoms with E-state index in [1.165, 1.54) is 0 Å². The van der Waals surface area contributed by atoms with Crippen LogP contribution in [0.25, 0.3) is 0 Å². The highest BCUT2D eigenvalue weighted by atomic mass is 16.6. The first-order chi connectivity index (χ1) is 15.4. The third-order valence-corrected chi connectivity index (χ3v) is 3.97. The summed E-state index contributed by atoms with van der Waals surface area (Å²) in [5.74, 6) is 0. The fourth-order valence-electron chi connectivity index (χ4n) is 2.65. The van der Waals surface area contributed by atoms with E-state index in [1.54, 1.807) is 77.9 Å². The summed E-state index contributed by atoms with van der Waals surface area (Å²) in [5, 5.41) is 1.44. The number of nitrogens with zero attached hydrogens (tertiary/aromatic N) is 2. The van der Waals surface area contributed by atoms with Crippen molar-refractivity contribution in [1.29, 1.82) is 0 Å². The van der Waals surface area contributed by atoms with Gasteiger partial charge in [-0.15, -0.1) is 5.01 Å². The van der Waals surface area contributed by atoms with Gasteiger partial charge in [-0.05, 0) is 52.7 Å². The summed E-state index contributed by atoms with van der Waals surface area (Å²) in [6.45, 7) is 9.80. The second-order valence-electron chi connectivity index (χ2n) is 9.36. The van der Waals surface area contributed by atoms with Crippen molar-refractivity contribution in [3.8, 4) is 0 Å². The Kier molecular flexibility index (Phi) is 8.45. The lowest BCUT2D eigenvalue weighted by atomic mass is 10.2. The normalized spacial score (nSPS) is 11.3. The van der Waals surface area contributed by atoms with Crippen molar-refractivity contribution in [3.63, 3.8) is 0 Å². The van der Waals surface area contributed by atoms with Crippen molar-refractivity contribution in [2.75, 3.05) is 0 Å². The molecular weight excluding hydrogens is 424 g/mol. The third-order valence-electron chi connectivity index (χ3n) is 3.97. The molecule has 0 aliphatic carbocycles. The first-order valence-electron chi connectivity index (χ1n) is 10.6. The zero-order valence-corrected chi connectivity index (χ0v) is 20.0. The topological polar surface area (TPSA) is 85.4 Å². The monoisotopic (exact) mass is 456 g/mol. The molecule has 33 heavy (non-hydrogen) atoms. The van der Waals surface area contributed by atoms with Crippen LogP contribution in [-0.2, 0) is 27.4 Å². The third kappa shape index (κ3) is 8.84. The predicted molar refractivity (Wildman–Crippen MR) is 123 cm³/mol. The molecule has 0 aliphatic rings. The van der Waals surface area contributed by atoms with E-state index in [1.807, 2.05) is 24.3 Å². The van der Waals surface area contributed by atoms with E-state index in [9.17, 15) is 14.4 Å². The Morgan fingerprint density at radius 1 is 0.667 bits per heavy atom. The molecule has 8 heteroatoms. The van der Waals surface area contributed by atoms with Gasteiger partial charge in [-0.2, -0.15) is 5.01 Å². The van der Waals surface area contributed by atoms with Crippen LogP contribution in [0.3, 0.4) is 0 Å². The van der Waals surface area contributed by atoms with Gasteiger partial charge in [-0.25, -0.2) is 14.4 Å². The number of imide groups is 1. The molecule has 2 aromatic rings. The van der Waals surface area contributed by atoms with Gasteiger partial charge >= 0.3 is 18.3 Å². The summed E-state index contributed by atoms with van der Waals surface area (Å²) in [7, 11) is 0. The van der Waals surface area contributed by atoms with Crippen molar-refractivity contribution >= 4 is 18.3 Å². The molecule has 0 spiro atoms. The molecule has 0 aromatic heterocycles. The van der Waals surface area contributed by atoms with Gasteiger partial charge in [-0.1, -0.05) is 60.7 Å². The molecule has 0 atom stereocenters. The van der Waals surface area contributed by atoms with E-state index in [-0.39, 0.29) is 13.2 Å². The SMILES string of the molecule is CC(C)(C)OC(=O)N(C(=O)OC(C)(C)C)N(Cc1ccccc1)C(=O)OCc1ccccc1. The number of hydrogen-bond acceptors (Lipinski definition) is 6. The zero-order chi connectivity index (χ0) is 24.6.